The fourth-order valence-corrected chi connectivity index (χ4v) is 3.18. The zero-order valence-electron chi connectivity index (χ0n) is 11.9. The molecule has 21 heavy (non-hydrogen) atoms. The van der Waals surface area contributed by atoms with Gasteiger partial charge in [0.25, 0.3) is 11.3 Å². The van der Waals surface area contributed by atoms with Crippen LogP contribution in [0.5, 0.6) is 0 Å². The summed E-state index contributed by atoms with van der Waals surface area (Å²) in [5.41, 5.74) is 0.739. The Bertz CT molecular complexity index is 906. The van der Waals surface area contributed by atoms with Crippen LogP contribution in [0.3, 0.4) is 0 Å². The molecular weight excluding hydrogens is 292 g/mol. The fraction of sp³-hybridized carbons (Fsp3) is 0.385. The molecule has 1 N–H and O–H groups in total. The van der Waals surface area contributed by atoms with Crippen LogP contribution >= 0.6 is 11.3 Å². The van der Waals surface area contributed by atoms with Crippen molar-refractivity contribution >= 4 is 33.3 Å². The Morgan fingerprint density at radius 1 is 1.38 bits per heavy atom. The predicted molar refractivity (Wildman–Crippen MR) is 78.8 cm³/mol. The molecule has 0 saturated carbocycles. The predicted octanol–water partition coefficient (Wildman–Crippen LogP) is 1.35. The average molecular weight is 306 g/mol. The monoisotopic (exact) mass is 306 g/mol. The molecule has 0 unspecified atom stereocenters. The number of aromatic nitrogens is 4. The number of fused-ring (bicyclic) bond motifs is 2. The number of hydrogen-bond donors (Lipinski definition) is 1. The molecule has 110 valence electrons. The van der Waals surface area contributed by atoms with Gasteiger partial charge in [0.05, 0.1) is 12.0 Å². The maximum Gasteiger partial charge on any atom is 0.313 e. The summed E-state index contributed by atoms with van der Waals surface area (Å²) in [6, 6.07) is 0. The molecule has 3 aromatic rings. The van der Waals surface area contributed by atoms with E-state index in [1.165, 1.54) is 15.9 Å². The van der Waals surface area contributed by atoms with E-state index in [2.05, 4.69) is 15.1 Å². The summed E-state index contributed by atoms with van der Waals surface area (Å²) in [5, 5.41) is 3.41. The molecule has 0 aromatic carbocycles. The van der Waals surface area contributed by atoms with E-state index >= 15 is 0 Å². The van der Waals surface area contributed by atoms with E-state index in [0.717, 1.165) is 10.4 Å². The van der Waals surface area contributed by atoms with Crippen molar-refractivity contribution in [2.45, 2.75) is 27.2 Å². The third-order valence-corrected chi connectivity index (χ3v) is 4.38. The van der Waals surface area contributed by atoms with E-state index in [-0.39, 0.29) is 17.8 Å². The Labute approximate surface area is 123 Å². The summed E-state index contributed by atoms with van der Waals surface area (Å²) >= 11 is 1.47. The Balaban J connectivity index is 2.14. The van der Waals surface area contributed by atoms with E-state index in [4.69, 9.17) is 4.74 Å². The summed E-state index contributed by atoms with van der Waals surface area (Å²) in [6.07, 6.45) is -0.0116. The summed E-state index contributed by atoms with van der Waals surface area (Å²) in [5.74, 6) is 0.247. The normalized spacial score (nSPS) is 11.4. The van der Waals surface area contributed by atoms with Crippen molar-refractivity contribution in [3.63, 3.8) is 0 Å². The lowest BCUT2D eigenvalue weighted by atomic mass is 10.2. The van der Waals surface area contributed by atoms with Gasteiger partial charge < -0.3 is 4.74 Å². The van der Waals surface area contributed by atoms with E-state index in [0.29, 0.717) is 22.6 Å². The van der Waals surface area contributed by atoms with Crippen molar-refractivity contribution < 1.29 is 9.53 Å². The summed E-state index contributed by atoms with van der Waals surface area (Å²) in [4.78, 5) is 34.3. The van der Waals surface area contributed by atoms with Crippen molar-refractivity contribution in [3.8, 4) is 0 Å². The van der Waals surface area contributed by atoms with Crippen LogP contribution in [0.25, 0.3) is 16.0 Å². The van der Waals surface area contributed by atoms with Gasteiger partial charge in [-0.25, -0.2) is 0 Å². The van der Waals surface area contributed by atoms with Gasteiger partial charge in [-0.2, -0.15) is 14.5 Å². The first-order chi connectivity index (χ1) is 10.0. The van der Waals surface area contributed by atoms with Gasteiger partial charge in [0.2, 0.25) is 0 Å². The molecule has 0 spiro atoms. The highest BCUT2D eigenvalue weighted by Crippen LogP contribution is 2.26. The van der Waals surface area contributed by atoms with Crippen molar-refractivity contribution in [2.24, 2.45) is 0 Å². The summed E-state index contributed by atoms with van der Waals surface area (Å²) < 4.78 is 6.14. The Hall–Kier alpha value is -2.22. The van der Waals surface area contributed by atoms with Gasteiger partial charge >= 0.3 is 5.97 Å². The number of aryl methyl sites for hydroxylation is 2. The van der Waals surface area contributed by atoms with Crippen molar-refractivity contribution in [1.82, 2.24) is 19.6 Å². The van der Waals surface area contributed by atoms with Crippen LogP contribution in [0.1, 0.15) is 23.2 Å². The number of H-pyrrole nitrogens is 1. The SMILES string of the molecule is CCOC(=O)Cc1nc2nc3sc(C)c(C)c3c(=O)n2[nH]1. The van der Waals surface area contributed by atoms with Crippen LogP contribution in [-0.2, 0) is 16.0 Å². The maximum atomic E-state index is 12.5. The molecule has 3 rings (SSSR count). The number of carbonyl (C=O) groups excluding carboxylic acids is 1. The lowest BCUT2D eigenvalue weighted by Crippen LogP contribution is -2.15. The number of nitrogens with one attached hydrogen (secondary N) is 1. The van der Waals surface area contributed by atoms with E-state index in [1.54, 1.807) is 6.92 Å². The molecule has 0 fully saturated rings. The van der Waals surface area contributed by atoms with Crippen LogP contribution in [0.15, 0.2) is 4.79 Å². The van der Waals surface area contributed by atoms with Gasteiger partial charge in [0, 0.05) is 4.88 Å². The third-order valence-electron chi connectivity index (χ3n) is 3.28. The Morgan fingerprint density at radius 3 is 2.86 bits per heavy atom. The highest BCUT2D eigenvalue weighted by Gasteiger charge is 2.16. The van der Waals surface area contributed by atoms with Crippen LogP contribution in [-0.4, -0.2) is 32.2 Å². The lowest BCUT2D eigenvalue weighted by Gasteiger charge is -1.97. The standard InChI is InChI=1S/C13H14N4O3S/c1-4-20-9(18)5-8-14-13-15-11-10(6(2)7(3)21-11)12(19)17(13)16-8/h4-5H2,1-3H3,(H,14,15,16). The van der Waals surface area contributed by atoms with Crippen LogP contribution in [0.4, 0.5) is 0 Å². The first-order valence-electron chi connectivity index (χ1n) is 6.54. The van der Waals surface area contributed by atoms with E-state index in [1.807, 2.05) is 13.8 Å². The minimum absolute atomic E-state index is 0.0116. The zero-order chi connectivity index (χ0) is 15.1. The van der Waals surface area contributed by atoms with E-state index in [9.17, 15) is 9.59 Å². The second-order valence-corrected chi connectivity index (χ2v) is 5.87. The minimum atomic E-state index is -0.390. The quantitative estimate of drug-likeness (QED) is 0.738. The number of esters is 1. The second-order valence-electron chi connectivity index (χ2n) is 4.67. The third kappa shape index (κ3) is 2.21. The van der Waals surface area contributed by atoms with Crippen molar-refractivity contribution in [1.29, 1.82) is 0 Å². The lowest BCUT2D eigenvalue weighted by molar-refractivity contribution is -0.142. The molecule has 0 bridgehead atoms. The summed E-state index contributed by atoms with van der Waals surface area (Å²) in [6.45, 7) is 5.91. The number of carbonyl (C=O) groups is 1. The van der Waals surface area contributed by atoms with Gasteiger partial charge in [-0.3, -0.25) is 14.7 Å². The molecule has 0 aliphatic rings. The number of ether oxygens (including phenoxy) is 1. The fourth-order valence-electron chi connectivity index (χ4n) is 2.16. The second kappa shape index (κ2) is 4.96. The molecular formula is C13H14N4O3S. The largest absolute Gasteiger partial charge is 0.466 e. The minimum Gasteiger partial charge on any atom is -0.466 e. The first-order valence-corrected chi connectivity index (χ1v) is 7.36. The molecule has 0 aliphatic carbocycles. The number of nitrogens with zero attached hydrogens (tertiary/aromatic N) is 3. The molecule has 8 heteroatoms. The topological polar surface area (TPSA) is 89.3 Å². The van der Waals surface area contributed by atoms with Gasteiger partial charge in [-0.15, -0.1) is 11.3 Å². The van der Waals surface area contributed by atoms with Crippen LogP contribution < -0.4 is 5.56 Å². The molecule has 0 aliphatic heterocycles. The number of hydrogen-bond acceptors (Lipinski definition) is 6. The smallest absolute Gasteiger partial charge is 0.313 e. The molecule has 3 heterocycles. The molecule has 7 nitrogen and oxygen atoms in total. The van der Waals surface area contributed by atoms with Crippen LogP contribution in [0, 0.1) is 13.8 Å². The summed E-state index contributed by atoms with van der Waals surface area (Å²) in [7, 11) is 0. The molecule has 0 radical (unpaired) electrons. The van der Waals surface area contributed by atoms with Crippen molar-refractivity contribution in [2.75, 3.05) is 6.61 Å². The number of thiophene rings is 1. The van der Waals surface area contributed by atoms with E-state index < -0.39 is 5.97 Å². The van der Waals surface area contributed by atoms with Gasteiger partial charge in [-0.05, 0) is 26.3 Å². The molecule has 0 saturated heterocycles. The highest BCUT2D eigenvalue weighted by atomic mass is 32.1. The highest BCUT2D eigenvalue weighted by molar-refractivity contribution is 7.18. The van der Waals surface area contributed by atoms with Crippen molar-refractivity contribution in [3.05, 3.63) is 26.6 Å². The number of aromatic amines is 1. The zero-order valence-corrected chi connectivity index (χ0v) is 12.7. The Morgan fingerprint density at radius 2 is 2.14 bits per heavy atom. The maximum absolute atomic E-state index is 12.5. The molecule has 0 amide bonds. The number of rotatable bonds is 3. The van der Waals surface area contributed by atoms with Gasteiger partial charge in [-0.1, -0.05) is 0 Å². The van der Waals surface area contributed by atoms with Crippen LogP contribution in [0.2, 0.25) is 0 Å². The van der Waals surface area contributed by atoms with Gasteiger partial charge in [0.15, 0.2) is 0 Å². The molecule has 0 atom stereocenters. The average Bonchev–Trinajstić information content (AvgIpc) is 2.92. The first kappa shape index (κ1) is 13.7. The van der Waals surface area contributed by atoms with Gasteiger partial charge in [0.1, 0.15) is 17.1 Å². The Kier molecular flexibility index (Phi) is 3.25. The molecule has 3 aromatic heterocycles.